The van der Waals surface area contributed by atoms with Gasteiger partial charge in [0.1, 0.15) is 11.6 Å². The first-order valence-corrected chi connectivity index (χ1v) is 4.35. The molecule has 4 heteroatoms. The Hall–Kier alpha value is -2.02. The Morgan fingerprint density at radius 1 is 1.60 bits per heavy atom. The largest absolute Gasteiger partial charge is 0.507 e. The second-order valence-corrected chi connectivity index (χ2v) is 2.87. The van der Waals surface area contributed by atoms with Gasteiger partial charge < -0.3 is 10.4 Å². The van der Waals surface area contributed by atoms with Crippen LogP contribution in [0.1, 0.15) is 16.8 Å². The van der Waals surface area contributed by atoms with E-state index in [1.54, 1.807) is 0 Å². The van der Waals surface area contributed by atoms with Crippen molar-refractivity contribution in [3.05, 3.63) is 29.6 Å². The molecule has 0 fully saturated rings. The first kappa shape index (κ1) is 11.1. The number of amides is 1. The number of nitrogens with one attached hydrogen (secondary N) is 1. The molecule has 0 radical (unpaired) electrons. The smallest absolute Gasteiger partial charge is 0.255 e. The van der Waals surface area contributed by atoms with Gasteiger partial charge in [0.25, 0.3) is 5.91 Å². The third-order valence-corrected chi connectivity index (χ3v) is 1.76. The Kier molecular flexibility index (Phi) is 3.69. The van der Waals surface area contributed by atoms with Gasteiger partial charge in [0, 0.05) is 13.0 Å². The molecule has 1 amide bonds. The summed E-state index contributed by atoms with van der Waals surface area (Å²) in [5, 5.41) is 11.8. The summed E-state index contributed by atoms with van der Waals surface area (Å²) in [6.45, 7) is 0.297. The molecule has 0 bridgehead atoms. The van der Waals surface area contributed by atoms with Gasteiger partial charge in [-0.3, -0.25) is 4.79 Å². The van der Waals surface area contributed by atoms with Crippen LogP contribution in [0.25, 0.3) is 0 Å². The molecule has 0 spiro atoms. The van der Waals surface area contributed by atoms with Gasteiger partial charge in [0.15, 0.2) is 0 Å². The highest BCUT2D eigenvalue weighted by molar-refractivity contribution is 5.96. The van der Waals surface area contributed by atoms with Crippen LogP contribution < -0.4 is 5.32 Å². The lowest BCUT2D eigenvalue weighted by atomic mass is 10.2. The van der Waals surface area contributed by atoms with E-state index in [2.05, 4.69) is 11.2 Å². The minimum absolute atomic E-state index is 0.0907. The number of rotatable bonds is 3. The lowest BCUT2D eigenvalue weighted by Gasteiger charge is -2.05. The summed E-state index contributed by atoms with van der Waals surface area (Å²) in [7, 11) is 0. The number of benzene rings is 1. The maximum Gasteiger partial charge on any atom is 0.255 e. The highest BCUT2D eigenvalue weighted by Crippen LogP contribution is 2.17. The predicted molar refractivity (Wildman–Crippen MR) is 53.8 cm³/mol. The second-order valence-electron chi connectivity index (χ2n) is 2.87. The highest BCUT2D eigenvalue weighted by Gasteiger charge is 2.10. The number of carbonyl (C=O) groups excluding carboxylic acids is 1. The van der Waals surface area contributed by atoms with Crippen LogP contribution in [0.5, 0.6) is 5.75 Å². The van der Waals surface area contributed by atoms with Crippen LogP contribution in [0, 0.1) is 18.2 Å². The van der Waals surface area contributed by atoms with Crippen molar-refractivity contribution < 1.29 is 14.3 Å². The van der Waals surface area contributed by atoms with Crippen LogP contribution in [0.15, 0.2) is 18.2 Å². The molecule has 1 aromatic rings. The van der Waals surface area contributed by atoms with Gasteiger partial charge in [-0.25, -0.2) is 4.39 Å². The average Bonchev–Trinajstić information content (AvgIpc) is 2.22. The maximum atomic E-state index is 12.8. The van der Waals surface area contributed by atoms with E-state index in [9.17, 15) is 14.3 Å². The molecule has 78 valence electrons. The Morgan fingerprint density at radius 3 is 3.00 bits per heavy atom. The fourth-order valence-electron chi connectivity index (χ4n) is 1.03. The topological polar surface area (TPSA) is 49.3 Å². The summed E-state index contributed by atoms with van der Waals surface area (Å²) >= 11 is 0. The number of hydrogen-bond donors (Lipinski definition) is 2. The van der Waals surface area contributed by atoms with Crippen molar-refractivity contribution >= 4 is 5.91 Å². The molecule has 0 unspecified atom stereocenters. The molecule has 0 aliphatic heterocycles. The number of carbonyl (C=O) groups is 1. The monoisotopic (exact) mass is 207 g/mol. The lowest BCUT2D eigenvalue weighted by molar-refractivity contribution is 0.0951. The molecule has 0 saturated carbocycles. The van der Waals surface area contributed by atoms with Gasteiger partial charge in [0.05, 0.1) is 5.56 Å². The lowest BCUT2D eigenvalue weighted by Crippen LogP contribution is -2.24. The Labute approximate surface area is 86.9 Å². The van der Waals surface area contributed by atoms with E-state index in [-0.39, 0.29) is 11.3 Å². The third kappa shape index (κ3) is 2.99. The van der Waals surface area contributed by atoms with Crippen molar-refractivity contribution in [1.82, 2.24) is 5.32 Å². The molecule has 0 heterocycles. The highest BCUT2D eigenvalue weighted by atomic mass is 19.1. The summed E-state index contributed by atoms with van der Waals surface area (Å²) in [5.74, 6) is 0.980. The summed E-state index contributed by atoms with van der Waals surface area (Å²) < 4.78 is 12.8. The number of halogens is 1. The molecule has 2 N–H and O–H groups in total. The van der Waals surface area contributed by atoms with E-state index in [0.717, 1.165) is 18.2 Å². The van der Waals surface area contributed by atoms with Gasteiger partial charge in [0.2, 0.25) is 0 Å². The predicted octanol–water partition coefficient (Wildman–Crippen LogP) is 1.28. The maximum absolute atomic E-state index is 12.8. The average molecular weight is 207 g/mol. The normalized spacial score (nSPS) is 9.33. The van der Waals surface area contributed by atoms with Crippen molar-refractivity contribution in [1.29, 1.82) is 0 Å². The third-order valence-electron chi connectivity index (χ3n) is 1.76. The van der Waals surface area contributed by atoms with Gasteiger partial charge in [-0.2, -0.15) is 0 Å². The van der Waals surface area contributed by atoms with Crippen LogP contribution in [-0.4, -0.2) is 17.6 Å². The number of phenolic OH excluding ortho intramolecular Hbond substituents is 1. The van der Waals surface area contributed by atoms with Crippen LogP contribution in [0.3, 0.4) is 0 Å². The van der Waals surface area contributed by atoms with Gasteiger partial charge in [-0.15, -0.1) is 12.3 Å². The molecule has 0 aliphatic carbocycles. The SMILES string of the molecule is C#CCCNC(=O)c1cc(F)ccc1O. The summed E-state index contributed by atoms with van der Waals surface area (Å²) in [6.07, 6.45) is 5.39. The fraction of sp³-hybridized carbons (Fsp3) is 0.182. The van der Waals surface area contributed by atoms with Crippen LogP contribution in [0.2, 0.25) is 0 Å². The molecular formula is C11H10FNO2. The van der Waals surface area contributed by atoms with E-state index in [1.165, 1.54) is 0 Å². The first-order valence-electron chi connectivity index (χ1n) is 4.35. The summed E-state index contributed by atoms with van der Waals surface area (Å²) in [6, 6.07) is 3.18. The zero-order chi connectivity index (χ0) is 11.3. The first-order chi connectivity index (χ1) is 7.15. The molecule has 1 aromatic carbocycles. The standard InChI is InChI=1S/C11H10FNO2/c1-2-3-6-13-11(15)9-7-8(12)4-5-10(9)14/h1,4-5,7,14H,3,6H2,(H,13,15). The zero-order valence-electron chi connectivity index (χ0n) is 7.96. The molecular weight excluding hydrogens is 197 g/mol. The molecule has 0 saturated heterocycles. The molecule has 0 aromatic heterocycles. The number of hydrogen-bond acceptors (Lipinski definition) is 2. The van der Waals surface area contributed by atoms with Gasteiger partial charge in [-0.05, 0) is 18.2 Å². The summed E-state index contributed by atoms with van der Waals surface area (Å²) in [4.78, 5) is 11.4. The molecule has 0 aliphatic rings. The van der Waals surface area contributed by atoms with Crippen molar-refractivity contribution in [2.75, 3.05) is 6.54 Å². The van der Waals surface area contributed by atoms with Crippen LogP contribution in [-0.2, 0) is 0 Å². The van der Waals surface area contributed by atoms with Crippen molar-refractivity contribution in [2.24, 2.45) is 0 Å². The van der Waals surface area contributed by atoms with E-state index in [1.807, 2.05) is 0 Å². The molecule has 0 atom stereocenters. The van der Waals surface area contributed by atoms with Crippen LogP contribution in [0.4, 0.5) is 4.39 Å². The quantitative estimate of drug-likeness (QED) is 0.579. The van der Waals surface area contributed by atoms with E-state index >= 15 is 0 Å². The fourth-order valence-corrected chi connectivity index (χ4v) is 1.03. The van der Waals surface area contributed by atoms with Gasteiger partial charge in [-0.1, -0.05) is 0 Å². The van der Waals surface area contributed by atoms with Crippen molar-refractivity contribution in [2.45, 2.75) is 6.42 Å². The second kappa shape index (κ2) is 5.01. The van der Waals surface area contributed by atoms with Crippen molar-refractivity contribution in [3.8, 4) is 18.1 Å². The Balaban J connectivity index is 2.73. The Bertz CT molecular complexity index is 410. The summed E-state index contributed by atoms with van der Waals surface area (Å²) in [5.41, 5.74) is -0.0907. The zero-order valence-corrected chi connectivity index (χ0v) is 7.96. The Morgan fingerprint density at radius 2 is 2.33 bits per heavy atom. The van der Waals surface area contributed by atoms with E-state index in [0.29, 0.717) is 13.0 Å². The van der Waals surface area contributed by atoms with E-state index < -0.39 is 11.7 Å². The van der Waals surface area contributed by atoms with E-state index in [4.69, 9.17) is 6.42 Å². The number of phenols is 1. The molecule has 1 rings (SSSR count). The molecule has 3 nitrogen and oxygen atoms in total. The van der Waals surface area contributed by atoms with Gasteiger partial charge >= 0.3 is 0 Å². The number of terminal acetylenes is 1. The van der Waals surface area contributed by atoms with Crippen molar-refractivity contribution in [3.63, 3.8) is 0 Å². The van der Waals surface area contributed by atoms with Crippen LogP contribution >= 0.6 is 0 Å². The molecule has 15 heavy (non-hydrogen) atoms. The number of aromatic hydroxyl groups is 1. The minimum Gasteiger partial charge on any atom is -0.507 e. The minimum atomic E-state index is -0.574.